The van der Waals surface area contributed by atoms with Gasteiger partial charge in [-0.1, -0.05) is 18.2 Å². The monoisotopic (exact) mass is 376 g/mol. The zero-order chi connectivity index (χ0) is 19.5. The molecule has 0 bridgehead atoms. The smallest absolute Gasteiger partial charge is 0.336 e. The Bertz CT molecular complexity index is 1190. The standard InChI is InChI=1S/C22H20N2O4/c1-14(27-17-8-6-15-7-9-21(25)28-20(15)12-17)22(26)23-11-10-16-13-24-19-5-3-2-4-18(16)19/h2-9,12-14,24H,10-11H2,1H3,(H,23,26). The van der Waals surface area contributed by atoms with Crippen molar-refractivity contribution in [3.05, 3.63) is 76.8 Å². The first-order chi connectivity index (χ1) is 13.6. The van der Waals surface area contributed by atoms with E-state index in [0.29, 0.717) is 17.9 Å². The van der Waals surface area contributed by atoms with Gasteiger partial charge >= 0.3 is 5.63 Å². The Morgan fingerprint density at radius 2 is 2.00 bits per heavy atom. The van der Waals surface area contributed by atoms with E-state index in [1.165, 1.54) is 11.5 Å². The first kappa shape index (κ1) is 17.9. The molecular weight excluding hydrogens is 356 g/mol. The summed E-state index contributed by atoms with van der Waals surface area (Å²) in [5.41, 5.74) is 2.25. The molecule has 2 N–H and O–H groups in total. The molecule has 0 saturated carbocycles. The molecule has 0 saturated heterocycles. The van der Waals surface area contributed by atoms with Gasteiger partial charge < -0.3 is 19.5 Å². The molecule has 4 rings (SSSR count). The van der Waals surface area contributed by atoms with Crippen LogP contribution in [0.25, 0.3) is 21.9 Å². The number of hydrogen-bond donors (Lipinski definition) is 2. The van der Waals surface area contributed by atoms with Crippen LogP contribution >= 0.6 is 0 Å². The van der Waals surface area contributed by atoms with Crippen LogP contribution in [0.15, 0.2) is 70.0 Å². The average molecular weight is 376 g/mol. The minimum atomic E-state index is -0.671. The lowest BCUT2D eigenvalue weighted by molar-refractivity contribution is -0.127. The Hall–Kier alpha value is -3.54. The lowest BCUT2D eigenvalue weighted by atomic mass is 10.1. The van der Waals surface area contributed by atoms with Crippen molar-refractivity contribution in [3.8, 4) is 5.75 Å². The molecule has 4 aromatic rings. The summed E-state index contributed by atoms with van der Waals surface area (Å²) in [5.74, 6) is 0.274. The zero-order valence-corrected chi connectivity index (χ0v) is 15.4. The van der Waals surface area contributed by atoms with Crippen LogP contribution < -0.4 is 15.7 Å². The molecule has 0 aliphatic carbocycles. The molecule has 2 aromatic heterocycles. The summed E-state index contributed by atoms with van der Waals surface area (Å²) in [6.45, 7) is 2.20. The third-order valence-electron chi connectivity index (χ3n) is 4.65. The molecule has 0 spiro atoms. The third-order valence-corrected chi connectivity index (χ3v) is 4.65. The second-order valence-corrected chi connectivity index (χ2v) is 6.61. The summed E-state index contributed by atoms with van der Waals surface area (Å²) in [6, 6.07) is 16.3. The number of rotatable bonds is 6. The maximum atomic E-state index is 12.3. The third kappa shape index (κ3) is 3.76. The highest BCUT2D eigenvalue weighted by atomic mass is 16.5. The van der Waals surface area contributed by atoms with Crippen molar-refractivity contribution in [3.63, 3.8) is 0 Å². The van der Waals surface area contributed by atoms with Gasteiger partial charge in [-0.3, -0.25) is 4.79 Å². The van der Waals surface area contributed by atoms with Crippen LogP contribution in [0.3, 0.4) is 0 Å². The maximum absolute atomic E-state index is 12.3. The molecule has 6 heteroatoms. The lowest BCUT2D eigenvalue weighted by Crippen LogP contribution is -2.37. The molecule has 142 valence electrons. The predicted molar refractivity (Wildman–Crippen MR) is 108 cm³/mol. The number of aromatic amines is 1. The fourth-order valence-electron chi connectivity index (χ4n) is 3.17. The van der Waals surface area contributed by atoms with Gasteiger partial charge in [-0.05, 0) is 43.2 Å². The summed E-state index contributed by atoms with van der Waals surface area (Å²) in [5, 5.41) is 4.86. The molecular formula is C22H20N2O4. The van der Waals surface area contributed by atoms with E-state index in [1.807, 2.05) is 24.4 Å². The van der Waals surface area contributed by atoms with E-state index >= 15 is 0 Å². The number of carbonyl (C=O) groups excluding carboxylic acids is 1. The zero-order valence-electron chi connectivity index (χ0n) is 15.4. The Balaban J connectivity index is 1.35. The van der Waals surface area contributed by atoms with Gasteiger partial charge in [-0.15, -0.1) is 0 Å². The highest BCUT2D eigenvalue weighted by molar-refractivity contribution is 5.84. The number of carbonyl (C=O) groups is 1. The highest BCUT2D eigenvalue weighted by Crippen LogP contribution is 2.21. The van der Waals surface area contributed by atoms with E-state index in [2.05, 4.69) is 16.4 Å². The van der Waals surface area contributed by atoms with Gasteiger partial charge in [0, 0.05) is 41.2 Å². The molecule has 1 atom stereocenters. The predicted octanol–water partition coefficient (Wildman–Crippen LogP) is 3.40. The van der Waals surface area contributed by atoms with Crippen LogP contribution in [0.2, 0.25) is 0 Å². The van der Waals surface area contributed by atoms with Crippen molar-refractivity contribution >= 4 is 27.8 Å². The number of hydrogen-bond acceptors (Lipinski definition) is 4. The molecule has 6 nitrogen and oxygen atoms in total. The molecule has 0 radical (unpaired) electrons. The van der Waals surface area contributed by atoms with Gasteiger partial charge in [0.1, 0.15) is 11.3 Å². The average Bonchev–Trinajstić information content (AvgIpc) is 3.11. The minimum Gasteiger partial charge on any atom is -0.481 e. The van der Waals surface area contributed by atoms with E-state index in [9.17, 15) is 9.59 Å². The summed E-state index contributed by atoms with van der Waals surface area (Å²) >= 11 is 0. The van der Waals surface area contributed by atoms with Crippen LogP contribution in [0.4, 0.5) is 0 Å². The molecule has 1 unspecified atom stereocenters. The number of nitrogens with one attached hydrogen (secondary N) is 2. The van der Waals surface area contributed by atoms with Crippen molar-refractivity contribution in [2.75, 3.05) is 6.54 Å². The first-order valence-electron chi connectivity index (χ1n) is 9.13. The topological polar surface area (TPSA) is 84.3 Å². The van der Waals surface area contributed by atoms with Crippen LogP contribution in [0, 0.1) is 0 Å². The molecule has 0 fully saturated rings. The summed E-state index contributed by atoms with van der Waals surface area (Å²) in [7, 11) is 0. The van der Waals surface area contributed by atoms with Crippen molar-refractivity contribution in [2.24, 2.45) is 0 Å². The van der Waals surface area contributed by atoms with E-state index in [-0.39, 0.29) is 5.91 Å². The highest BCUT2D eigenvalue weighted by Gasteiger charge is 2.15. The van der Waals surface area contributed by atoms with Crippen molar-refractivity contribution in [1.82, 2.24) is 10.3 Å². The summed E-state index contributed by atoms with van der Waals surface area (Å²) in [4.78, 5) is 26.9. The summed E-state index contributed by atoms with van der Waals surface area (Å²) < 4.78 is 10.8. The van der Waals surface area contributed by atoms with Gasteiger partial charge in [0.15, 0.2) is 6.10 Å². The number of H-pyrrole nitrogens is 1. The summed E-state index contributed by atoms with van der Waals surface area (Å²) in [6.07, 6.45) is 2.03. The molecule has 28 heavy (non-hydrogen) atoms. The van der Waals surface area contributed by atoms with E-state index < -0.39 is 11.7 Å². The van der Waals surface area contributed by atoms with Gasteiger partial charge in [-0.2, -0.15) is 0 Å². The molecule has 1 amide bonds. The molecule has 2 heterocycles. The number of fused-ring (bicyclic) bond motifs is 2. The van der Waals surface area contributed by atoms with Crippen LogP contribution in [0.5, 0.6) is 5.75 Å². The van der Waals surface area contributed by atoms with Gasteiger partial charge in [0.05, 0.1) is 0 Å². The maximum Gasteiger partial charge on any atom is 0.336 e. The number of aromatic nitrogens is 1. The van der Waals surface area contributed by atoms with Gasteiger partial charge in [-0.25, -0.2) is 4.79 Å². The van der Waals surface area contributed by atoms with E-state index in [4.69, 9.17) is 9.15 Å². The SMILES string of the molecule is CC(Oc1ccc2ccc(=O)oc2c1)C(=O)NCCc1c[nH]c2ccccc12. The number of benzene rings is 2. The van der Waals surface area contributed by atoms with Crippen molar-refractivity contribution < 1.29 is 13.9 Å². The molecule has 0 aliphatic heterocycles. The molecule has 0 aliphatic rings. The van der Waals surface area contributed by atoms with Crippen LogP contribution in [-0.2, 0) is 11.2 Å². The quantitative estimate of drug-likeness (QED) is 0.505. The Morgan fingerprint density at radius 3 is 2.89 bits per heavy atom. The van der Waals surface area contributed by atoms with E-state index in [1.54, 1.807) is 31.2 Å². The Kier molecular flexibility index (Phi) is 4.85. The fraction of sp³-hybridized carbons (Fsp3) is 0.182. The van der Waals surface area contributed by atoms with Crippen molar-refractivity contribution in [1.29, 1.82) is 0 Å². The normalized spacial score (nSPS) is 12.2. The van der Waals surface area contributed by atoms with Crippen LogP contribution in [-0.4, -0.2) is 23.5 Å². The second-order valence-electron chi connectivity index (χ2n) is 6.61. The fourth-order valence-corrected chi connectivity index (χ4v) is 3.17. The Labute approximate surface area is 161 Å². The van der Waals surface area contributed by atoms with Gasteiger partial charge in [0.2, 0.25) is 0 Å². The number of ether oxygens (including phenoxy) is 1. The number of para-hydroxylation sites is 1. The van der Waals surface area contributed by atoms with Crippen molar-refractivity contribution in [2.45, 2.75) is 19.4 Å². The van der Waals surface area contributed by atoms with Crippen LogP contribution in [0.1, 0.15) is 12.5 Å². The number of amides is 1. The first-order valence-corrected chi connectivity index (χ1v) is 9.13. The lowest BCUT2D eigenvalue weighted by Gasteiger charge is -2.15. The largest absolute Gasteiger partial charge is 0.481 e. The Morgan fingerprint density at radius 1 is 1.18 bits per heavy atom. The minimum absolute atomic E-state index is 0.200. The molecule has 2 aromatic carbocycles. The van der Waals surface area contributed by atoms with E-state index in [0.717, 1.165) is 22.9 Å². The van der Waals surface area contributed by atoms with Gasteiger partial charge in [0.25, 0.3) is 5.91 Å². The second kappa shape index (κ2) is 7.60.